The largest absolute Gasteiger partial charge is 0.386 e. The van der Waals surface area contributed by atoms with Crippen LogP contribution in [0.4, 0.5) is 0 Å². The van der Waals surface area contributed by atoms with E-state index in [0.29, 0.717) is 16.3 Å². The number of hydrogen-bond acceptors (Lipinski definition) is 3. The molecule has 1 heterocycles. The van der Waals surface area contributed by atoms with Gasteiger partial charge in [0, 0.05) is 30.5 Å². The molecule has 2 N–H and O–H groups in total. The number of nitrogens with zero attached hydrogens (tertiary/aromatic N) is 1. The SMILES string of the molecule is Cc1c(Cl)cccc1S(=O)(=O)NC[C@@H](O)c1cccn1C. The molecule has 0 saturated heterocycles. The number of aliphatic hydroxyl groups is 1. The Morgan fingerprint density at radius 1 is 1.33 bits per heavy atom. The lowest BCUT2D eigenvalue weighted by atomic mass is 10.2. The normalized spacial score (nSPS) is 13.3. The molecule has 0 radical (unpaired) electrons. The molecule has 5 nitrogen and oxygen atoms in total. The maximum Gasteiger partial charge on any atom is 0.240 e. The summed E-state index contributed by atoms with van der Waals surface area (Å²) in [5.41, 5.74) is 1.13. The minimum absolute atomic E-state index is 0.105. The van der Waals surface area contributed by atoms with Gasteiger partial charge in [-0.15, -0.1) is 0 Å². The highest BCUT2D eigenvalue weighted by Gasteiger charge is 2.20. The standard InChI is InChI=1S/C14H17ClN2O3S/c1-10-11(15)5-3-7-14(10)21(19,20)16-9-13(18)12-6-4-8-17(12)2/h3-8,13,16,18H,9H2,1-2H3/t13-/m1/s1. The van der Waals surface area contributed by atoms with E-state index in [0.717, 1.165) is 0 Å². The first-order valence-electron chi connectivity index (χ1n) is 6.37. The highest BCUT2D eigenvalue weighted by Crippen LogP contribution is 2.23. The molecule has 0 saturated carbocycles. The number of aliphatic hydroxyl groups excluding tert-OH is 1. The van der Waals surface area contributed by atoms with Crippen molar-refractivity contribution in [2.45, 2.75) is 17.9 Å². The Morgan fingerprint density at radius 2 is 2.05 bits per heavy atom. The average Bonchev–Trinajstić information content (AvgIpc) is 2.85. The minimum Gasteiger partial charge on any atom is -0.386 e. The van der Waals surface area contributed by atoms with E-state index < -0.39 is 16.1 Å². The second kappa shape index (κ2) is 6.19. The van der Waals surface area contributed by atoms with Crippen LogP contribution in [0.3, 0.4) is 0 Å². The second-order valence-electron chi connectivity index (χ2n) is 4.77. The van der Waals surface area contributed by atoms with E-state index in [1.165, 1.54) is 6.07 Å². The van der Waals surface area contributed by atoms with Crippen molar-refractivity contribution in [3.8, 4) is 0 Å². The van der Waals surface area contributed by atoms with Crippen molar-refractivity contribution in [2.24, 2.45) is 7.05 Å². The number of halogens is 1. The summed E-state index contributed by atoms with van der Waals surface area (Å²) < 4.78 is 28.7. The van der Waals surface area contributed by atoms with Crippen molar-refractivity contribution in [2.75, 3.05) is 6.54 Å². The summed E-state index contributed by atoms with van der Waals surface area (Å²) in [6.45, 7) is 1.54. The fourth-order valence-electron chi connectivity index (χ4n) is 2.07. The quantitative estimate of drug-likeness (QED) is 0.882. The second-order valence-corrected chi connectivity index (χ2v) is 6.92. The molecule has 0 aliphatic rings. The van der Waals surface area contributed by atoms with E-state index in [2.05, 4.69) is 4.72 Å². The van der Waals surface area contributed by atoms with Crippen LogP contribution in [0.2, 0.25) is 5.02 Å². The lowest BCUT2D eigenvalue weighted by molar-refractivity contribution is 0.173. The molecule has 0 bridgehead atoms. The zero-order valence-electron chi connectivity index (χ0n) is 11.7. The number of hydrogen-bond donors (Lipinski definition) is 2. The van der Waals surface area contributed by atoms with Crippen molar-refractivity contribution in [1.29, 1.82) is 0 Å². The first kappa shape index (κ1) is 16.0. The first-order valence-corrected chi connectivity index (χ1v) is 8.23. The van der Waals surface area contributed by atoms with Gasteiger partial charge in [-0.05, 0) is 36.8 Å². The number of aromatic nitrogens is 1. The molecule has 2 rings (SSSR count). The molecule has 21 heavy (non-hydrogen) atoms. The van der Waals surface area contributed by atoms with Crippen LogP contribution in [0.1, 0.15) is 17.4 Å². The van der Waals surface area contributed by atoms with E-state index in [-0.39, 0.29) is 11.4 Å². The van der Waals surface area contributed by atoms with Crippen molar-refractivity contribution >= 4 is 21.6 Å². The van der Waals surface area contributed by atoms with Gasteiger partial charge < -0.3 is 9.67 Å². The Labute approximate surface area is 129 Å². The molecule has 2 aromatic rings. The zero-order valence-corrected chi connectivity index (χ0v) is 13.3. The molecule has 7 heteroatoms. The van der Waals surface area contributed by atoms with Gasteiger partial charge >= 0.3 is 0 Å². The summed E-state index contributed by atoms with van der Waals surface area (Å²) in [4.78, 5) is 0.120. The van der Waals surface area contributed by atoms with Crippen LogP contribution in [0, 0.1) is 6.92 Å². The Bertz CT molecular complexity index is 740. The number of sulfonamides is 1. The van der Waals surface area contributed by atoms with Crippen molar-refractivity contribution in [3.05, 3.63) is 52.8 Å². The third-order valence-corrected chi connectivity index (χ3v) is 5.28. The fraction of sp³-hybridized carbons (Fsp3) is 0.286. The molecule has 1 aromatic heterocycles. The van der Waals surface area contributed by atoms with E-state index in [1.807, 2.05) is 0 Å². The predicted molar refractivity (Wildman–Crippen MR) is 81.8 cm³/mol. The maximum absolute atomic E-state index is 12.3. The molecule has 0 fully saturated rings. The topological polar surface area (TPSA) is 71.3 Å². The highest BCUT2D eigenvalue weighted by molar-refractivity contribution is 7.89. The smallest absolute Gasteiger partial charge is 0.240 e. The van der Waals surface area contributed by atoms with Crippen molar-refractivity contribution < 1.29 is 13.5 Å². The van der Waals surface area contributed by atoms with Gasteiger partial charge in [0.2, 0.25) is 10.0 Å². The maximum atomic E-state index is 12.3. The van der Waals surface area contributed by atoms with E-state index >= 15 is 0 Å². The first-order chi connectivity index (χ1) is 9.83. The number of nitrogens with one attached hydrogen (secondary N) is 1. The molecular weight excluding hydrogens is 312 g/mol. The lowest BCUT2D eigenvalue weighted by Crippen LogP contribution is -2.29. The Balaban J connectivity index is 2.15. The zero-order chi connectivity index (χ0) is 15.6. The van der Waals surface area contributed by atoms with Gasteiger partial charge in [0.15, 0.2) is 0 Å². The van der Waals surface area contributed by atoms with E-state index in [4.69, 9.17) is 11.6 Å². The van der Waals surface area contributed by atoms with Crippen LogP contribution in [0.5, 0.6) is 0 Å². The fourth-order valence-corrected chi connectivity index (χ4v) is 3.60. The van der Waals surface area contributed by atoms with Gasteiger partial charge in [-0.2, -0.15) is 0 Å². The van der Waals surface area contributed by atoms with Crippen molar-refractivity contribution in [1.82, 2.24) is 9.29 Å². The predicted octanol–water partition coefficient (Wildman–Crippen LogP) is 2.00. The van der Waals surface area contributed by atoms with E-state index in [9.17, 15) is 13.5 Å². The lowest BCUT2D eigenvalue weighted by Gasteiger charge is -2.14. The van der Waals surface area contributed by atoms with Gasteiger partial charge in [0.1, 0.15) is 6.10 Å². The number of rotatable bonds is 5. The van der Waals surface area contributed by atoms with Crippen LogP contribution in [0.15, 0.2) is 41.4 Å². The molecular formula is C14H17ClN2O3S. The summed E-state index contributed by atoms with van der Waals surface area (Å²) in [7, 11) is -1.93. The molecule has 0 unspecified atom stereocenters. The molecule has 0 amide bonds. The molecule has 0 spiro atoms. The Hall–Kier alpha value is -1.34. The van der Waals surface area contributed by atoms with Crippen molar-refractivity contribution in [3.63, 3.8) is 0 Å². The average molecular weight is 329 g/mol. The van der Waals surface area contributed by atoms with Crippen LogP contribution in [-0.2, 0) is 17.1 Å². The summed E-state index contributed by atoms with van der Waals surface area (Å²) in [5.74, 6) is 0. The third-order valence-electron chi connectivity index (χ3n) is 3.30. The summed E-state index contributed by atoms with van der Waals surface area (Å²) >= 11 is 5.94. The Kier molecular flexibility index (Phi) is 4.73. The number of aryl methyl sites for hydroxylation is 1. The van der Waals surface area contributed by atoms with Gasteiger partial charge in [-0.1, -0.05) is 17.7 Å². The third kappa shape index (κ3) is 3.47. The van der Waals surface area contributed by atoms with Crippen LogP contribution in [-0.4, -0.2) is 24.6 Å². The molecule has 0 aliphatic heterocycles. The van der Waals surface area contributed by atoms with Gasteiger partial charge in [-0.25, -0.2) is 13.1 Å². The molecule has 114 valence electrons. The van der Waals surface area contributed by atoms with Crippen LogP contribution >= 0.6 is 11.6 Å². The van der Waals surface area contributed by atoms with Crippen LogP contribution in [0.25, 0.3) is 0 Å². The summed E-state index contributed by atoms with van der Waals surface area (Å²) in [5, 5.41) is 10.4. The van der Waals surface area contributed by atoms with Gasteiger partial charge in [-0.3, -0.25) is 0 Å². The highest BCUT2D eigenvalue weighted by atomic mass is 35.5. The van der Waals surface area contributed by atoms with E-state index in [1.54, 1.807) is 49.0 Å². The number of benzene rings is 1. The minimum atomic E-state index is -3.72. The summed E-state index contributed by atoms with van der Waals surface area (Å²) in [6, 6.07) is 8.22. The molecule has 1 atom stereocenters. The van der Waals surface area contributed by atoms with Gasteiger partial charge in [0.25, 0.3) is 0 Å². The molecule has 0 aliphatic carbocycles. The monoisotopic (exact) mass is 328 g/mol. The van der Waals surface area contributed by atoms with Crippen LogP contribution < -0.4 is 4.72 Å². The summed E-state index contributed by atoms with van der Waals surface area (Å²) in [6.07, 6.45) is 0.869. The Morgan fingerprint density at radius 3 is 2.67 bits per heavy atom. The molecule has 1 aromatic carbocycles. The van der Waals surface area contributed by atoms with Gasteiger partial charge in [0.05, 0.1) is 4.90 Å².